The Morgan fingerprint density at radius 2 is 2.00 bits per heavy atom. The molecule has 0 aliphatic rings. The van der Waals surface area contributed by atoms with Gasteiger partial charge in [-0.3, -0.25) is 9.59 Å². The SMILES string of the molecule is CC[C@H](C)[C@H](NC(=O)[C@H](Cc1cnc[nH]1)NC(=O)[C@@H](N)CO)C(=O)O. The number of nitrogens with two attached hydrogens (primary N) is 1. The Hall–Kier alpha value is -2.46. The number of carboxylic acid groups (broad SMARTS) is 1. The Morgan fingerprint density at radius 1 is 1.32 bits per heavy atom. The Balaban J connectivity index is 2.90. The van der Waals surface area contributed by atoms with Crippen molar-refractivity contribution in [3.8, 4) is 0 Å². The molecule has 0 aliphatic carbocycles. The highest BCUT2D eigenvalue weighted by Gasteiger charge is 2.30. The molecule has 1 rings (SSSR count). The van der Waals surface area contributed by atoms with E-state index < -0.39 is 42.5 Å². The lowest BCUT2D eigenvalue weighted by molar-refractivity contribution is -0.143. The van der Waals surface area contributed by atoms with Gasteiger partial charge in [0, 0.05) is 18.3 Å². The van der Waals surface area contributed by atoms with Gasteiger partial charge in [-0.15, -0.1) is 0 Å². The number of hydrogen-bond acceptors (Lipinski definition) is 6. The second-order valence-electron chi connectivity index (χ2n) is 5.84. The molecule has 0 unspecified atom stereocenters. The van der Waals surface area contributed by atoms with Gasteiger partial charge in [0.1, 0.15) is 18.1 Å². The molecular formula is C15H25N5O5. The first-order valence-corrected chi connectivity index (χ1v) is 7.97. The number of carbonyl (C=O) groups excluding carboxylic acids is 2. The normalized spacial score (nSPS) is 15.7. The Morgan fingerprint density at radius 3 is 2.48 bits per heavy atom. The van der Waals surface area contributed by atoms with Crippen LogP contribution in [0.5, 0.6) is 0 Å². The molecule has 1 aromatic rings. The zero-order valence-corrected chi connectivity index (χ0v) is 14.2. The first-order chi connectivity index (χ1) is 11.8. The topological polar surface area (TPSA) is 170 Å². The van der Waals surface area contributed by atoms with Crippen LogP contribution in [0.25, 0.3) is 0 Å². The molecule has 0 aromatic carbocycles. The molecule has 0 fully saturated rings. The van der Waals surface area contributed by atoms with Gasteiger partial charge in [0.2, 0.25) is 11.8 Å². The average molecular weight is 355 g/mol. The number of nitrogens with one attached hydrogen (secondary N) is 3. The third-order valence-corrected chi connectivity index (χ3v) is 3.92. The maximum Gasteiger partial charge on any atom is 0.326 e. The van der Waals surface area contributed by atoms with Gasteiger partial charge in [-0.1, -0.05) is 20.3 Å². The maximum atomic E-state index is 12.5. The van der Waals surface area contributed by atoms with E-state index >= 15 is 0 Å². The summed E-state index contributed by atoms with van der Waals surface area (Å²) >= 11 is 0. The number of aliphatic carboxylic acids is 1. The molecule has 10 nitrogen and oxygen atoms in total. The van der Waals surface area contributed by atoms with Crippen molar-refractivity contribution in [2.24, 2.45) is 11.7 Å². The minimum Gasteiger partial charge on any atom is -0.480 e. The molecule has 140 valence electrons. The van der Waals surface area contributed by atoms with Crippen molar-refractivity contribution in [1.82, 2.24) is 20.6 Å². The Kier molecular flexibility index (Phi) is 8.02. The number of carbonyl (C=O) groups is 3. The molecule has 0 bridgehead atoms. The third kappa shape index (κ3) is 6.16. The molecule has 0 saturated carbocycles. The molecule has 4 atom stereocenters. The molecule has 10 heteroatoms. The zero-order valence-electron chi connectivity index (χ0n) is 14.2. The summed E-state index contributed by atoms with van der Waals surface area (Å²) in [6, 6.07) is -3.32. The number of imidazole rings is 1. The van der Waals surface area contributed by atoms with Crippen LogP contribution < -0.4 is 16.4 Å². The summed E-state index contributed by atoms with van der Waals surface area (Å²) in [4.78, 5) is 42.5. The van der Waals surface area contributed by atoms with E-state index in [0.29, 0.717) is 12.1 Å². The van der Waals surface area contributed by atoms with Crippen molar-refractivity contribution in [1.29, 1.82) is 0 Å². The fourth-order valence-corrected chi connectivity index (χ4v) is 2.12. The number of carboxylic acids is 1. The minimum atomic E-state index is -1.18. The third-order valence-electron chi connectivity index (χ3n) is 3.92. The maximum absolute atomic E-state index is 12.5. The lowest BCUT2D eigenvalue weighted by Gasteiger charge is -2.24. The molecule has 0 aliphatic heterocycles. The molecule has 2 amide bonds. The van der Waals surface area contributed by atoms with Crippen LogP contribution in [0.4, 0.5) is 0 Å². The number of aliphatic hydroxyl groups is 1. The van der Waals surface area contributed by atoms with E-state index in [1.807, 2.05) is 6.92 Å². The lowest BCUT2D eigenvalue weighted by atomic mass is 9.98. The number of H-pyrrole nitrogens is 1. The van der Waals surface area contributed by atoms with E-state index in [-0.39, 0.29) is 12.3 Å². The molecule has 0 spiro atoms. The highest BCUT2D eigenvalue weighted by molar-refractivity contribution is 5.92. The molecule has 0 saturated heterocycles. The number of aromatic amines is 1. The van der Waals surface area contributed by atoms with E-state index in [0.717, 1.165) is 0 Å². The van der Waals surface area contributed by atoms with E-state index in [1.54, 1.807) is 6.92 Å². The lowest BCUT2D eigenvalue weighted by Crippen LogP contribution is -2.56. The molecule has 25 heavy (non-hydrogen) atoms. The van der Waals surface area contributed by atoms with Crippen LogP contribution in [0.15, 0.2) is 12.5 Å². The number of aliphatic hydroxyl groups excluding tert-OH is 1. The van der Waals surface area contributed by atoms with Gasteiger partial charge in [0.25, 0.3) is 0 Å². The van der Waals surface area contributed by atoms with Crippen molar-refractivity contribution < 1.29 is 24.6 Å². The predicted octanol–water partition coefficient (Wildman–Crippen LogP) is -1.63. The van der Waals surface area contributed by atoms with Crippen molar-refractivity contribution in [3.05, 3.63) is 18.2 Å². The molecular weight excluding hydrogens is 330 g/mol. The van der Waals surface area contributed by atoms with Gasteiger partial charge in [0.15, 0.2) is 0 Å². The van der Waals surface area contributed by atoms with Crippen LogP contribution in [0.1, 0.15) is 26.0 Å². The summed E-state index contributed by atoms with van der Waals surface area (Å²) < 4.78 is 0. The van der Waals surface area contributed by atoms with Crippen molar-refractivity contribution >= 4 is 17.8 Å². The van der Waals surface area contributed by atoms with Crippen molar-refractivity contribution in [2.45, 2.75) is 44.8 Å². The van der Waals surface area contributed by atoms with Crippen LogP contribution in [0.3, 0.4) is 0 Å². The number of nitrogens with zero attached hydrogens (tertiary/aromatic N) is 1. The molecule has 1 aromatic heterocycles. The smallest absolute Gasteiger partial charge is 0.326 e. The Bertz CT molecular complexity index is 577. The summed E-state index contributed by atoms with van der Waals surface area (Å²) in [6.07, 6.45) is 3.54. The largest absolute Gasteiger partial charge is 0.480 e. The van der Waals surface area contributed by atoms with Crippen LogP contribution in [0, 0.1) is 5.92 Å². The van der Waals surface area contributed by atoms with Gasteiger partial charge in [-0.2, -0.15) is 0 Å². The quantitative estimate of drug-likeness (QED) is 0.292. The predicted molar refractivity (Wildman–Crippen MR) is 88.3 cm³/mol. The number of amides is 2. The number of hydrogen-bond donors (Lipinski definition) is 6. The number of aromatic nitrogens is 2. The number of rotatable bonds is 10. The van der Waals surface area contributed by atoms with Crippen LogP contribution in [-0.2, 0) is 20.8 Å². The summed E-state index contributed by atoms with van der Waals surface area (Å²) in [5.74, 6) is -2.80. The van der Waals surface area contributed by atoms with E-state index in [2.05, 4.69) is 20.6 Å². The highest BCUT2D eigenvalue weighted by Crippen LogP contribution is 2.09. The molecule has 1 heterocycles. The summed E-state index contributed by atoms with van der Waals surface area (Å²) in [6.45, 7) is 2.95. The second kappa shape index (κ2) is 9.74. The summed E-state index contributed by atoms with van der Waals surface area (Å²) in [5, 5.41) is 23.1. The van der Waals surface area contributed by atoms with Gasteiger partial charge in [-0.25, -0.2) is 9.78 Å². The van der Waals surface area contributed by atoms with Crippen molar-refractivity contribution in [3.63, 3.8) is 0 Å². The van der Waals surface area contributed by atoms with E-state index in [9.17, 15) is 19.5 Å². The van der Waals surface area contributed by atoms with Crippen molar-refractivity contribution in [2.75, 3.05) is 6.61 Å². The fraction of sp³-hybridized carbons (Fsp3) is 0.600. The Labute approximate surface area is 145 Å². The van der Waals surface area contributed by atoms with Gasteiger partial charge in [0.05, 0.1) is 12.9 Å². The van der Waals surface area contributed by atoms with E-state index in [1.165, 1.54) is 12.5 Å². The fourth-order valence-electron chi connectivity index (χ4n) is 2.12. The molecule has 7 N–H and O–H groups in total. The molecule has 0 radical (unpaired) electrons. The van der Waals surface area contributed by atoms with Gasteiger partial charge in [-0.05, 0) is 5.92 Å². The summed E-state index contributed by atoms with van der Waals surface area (Å²) in [7, 11) is 0. The highest BCUT2D eigenvalue weighted by atomic mass is 16.4. The van der Waals surface area contributed by atoms with Crippen LogP contribution in [0.2, 0.25) is 0 Å². The monoisotopic (exact) mass is 355 g/mol. The first kappa shape index (κ1) is 20.6. The average Bonchev–Trinajstić information content (AvgIpc) is 3.09. The van der Waals surface area contributed by atoms with Gasteiger partial charge >= 0.3 is 5.97 Å². The standard InChI is InChI=1S/C15H25N5O5/c1-3-8(2)12(15(24)25)20-14(23)11(4-9-5-17-7-18-9)19-13(22)10(16)6-21/h5,7-8,10-12,21H,3-4,6,16H2,1-2H3,(H,17,18)(H,19,22)(H,20,23)(H,24,25)/t8-,10-,11-,12-/m0/s1. The minimum absolute atomic E-state index is 0.0720. The van der Waals surface area contributed by atoms with E-state index in [4.69, 9.17) is 10.8 Å². The summed E-state index contributed by atoms with van der Waals surface area (Å²) in [5.41, 5.74) is 6.03. The van der Waals surface area contributed by atoms with Crippen LogP contribution >= 0.6 is 0 Å². The van der Waals surface area contributed by atoms with Gasteiger partial charge < -0.3 is 31.6 Å². The second-order valence-corrected chi connectivity index (χ2v) is 5.84. The zero-order chi connectivity index (χ0) is 19.0. The first-order valence-electron chi connectivity index (χ1n) is 7.97. The van der Waals surface area contributed by atoms with Crippen LogP contribution in [-0.4, -0.2) is 62.7 Å².